The number of quaternary nitrogens is 1. The number of thiazole rings is 1. The smallest absolute Gasteiger partial charge is 0.328 e. The fraction of sp³-hybridized carbons (Fsp3) is 0.133. The summed E-state index contributed by atoms with van der Waals surface area (Å²) in [7, 11) is 0. The number of hydrogen-bond acceptors (Lipinski definition) is 9. The third kappa shape index (κ3) is 6.10. The Balaban J connectivity index is 1.94. The molecule has 0 saturated heterocycles. The lowest BCUT2D eigenvalue weighted by molar-refractivity contribution is -0.991. The van der Waals surface area contributed by atoms with Crippen molar-refractivity contribution in [1.82, 2.24) is 21.3 Å². The fourth-order valence-electron chi connectivity index (χ4n) is 1.98. The highest BCUT2D eigenvalue weighted by Gasteiger charge is 2.19. The van der Waals surface area contributed by atoms with Crippen LogP contribution in [0, 0.1) is 12.1 Å². The highest BCUT2D eigenvalue weighted by molar-refractivity contribution is 7.17. The number of carbonyl (C=O) groups excluding carboxylic acids is 4. The van der Waals surface area contributed by atoms with Crippen LogP contribution in [0.1, 0.15) is 22.3 Å². The van der Waals surface area contributed by atoms with Gasteiger partial charge in [-0.05, 0) is 19.1 Å². The van der Waals surface area contributed by atoms with Crippen molar-refractivity contribution in [2.45, 2.75) is 13.8 Å². The van der Waals surface area contributed by atoms with Crippen molar-refractivity contribution >= 4 is 63.1 Å². The minimum Gasteiger partial charge on any atom is -0.595 e. The summed E-state index contributed by atoms with van der Waals surface area (Å²) in [5.41, 5.74) is 8.90. The molecule has 15 heteroatoms. The molecule has 13 nitrogen and oxygen atoms in total. The molecule has 0 aliphatic carbocycles. The predicted octanol–water partition coefficient (Wildman–Crippen LogP) is -0.629. The second-order valence-electron chi connectivity index (χ2n) is 5.60. The minimum atomic E-state index is -1.31. The van der Waals surface area contributed by atoms with Gasteiger partial charge >= 0.3 is 11.8 Å². The average molecular weight is 458 g/mol. The van der Waals surface area contributed by atoms with Crippen LogP contribution in [-0.2, 0) is 14.4 Å². The molecule has 1 heterocycles. The van der Waals surface area contributed by atoms with E-state index in [1.165, 1.54) is 19.1 Å². The highest BCUT2D eigenvalue weighted by Crippen LogP contribution is 2.22. The first kappa shape index (κ1) is 23.0. The fourth-order valence-corrected chi connectivity index (χ4v) is 3.00. The van der Waals surface area contributed by atoms with Gasteiger partial charge in [0.15, 0.2) is 5.69 Å². The van der Waals surface area contributed by atoms with E-state index in [0.717, 1.165) is 17.4 Å². The van der Waals surface area contributed by atoms with E-state index in [1.54, 1.807) is 6.92 Å². The number of carbonyl (C=O) groups is 4. The first-order chi connectivity index (χ1) is 14.1. The van der Waals surface area contributed by atoms with Crippen LogP contribution >= 0.6 is 22.9 Å². The Kier molecular flexibility index (Phi) is 7.62. The number of anilines is 2. The summed E-state index contributed by atoms with van der Waals surface area (Å²) in [6, 6.07) is 3.64. The molecule has 1 aromatic carbocycles. The number of amides is 4. The predicted molar refractivity (Wildman–Crippen MR) is 106 cm³/mol. The standard InChI is InChI=1S/C15H16ClN7O6S/c1-6-11(30-15(17-6)22-19-7(2)24)12(25)20-21-14(27)13(26)18-8-3-4-9(16)10(5-8)23(28)29/h3-5,23,28H,1-2H3,(H,17,22)(H,18,26)(H,19,24)(H,20,25)(H,21,27). The number of halogens is 1. The largest absolute Gasteiger partial charge is 0.595 e. The molecule has 30 heavy (non-hydrogen) atoms. The third-order valence-corrected chi connectivity index (χ3v) is 4.70. The molecule has 0 radical (unpaired) electrons. The molecule has 0 fully saturated rings. The molecular weight excluding hydrogens is 442 g/mol. The normalized spacial score (nSPS) is 11.2. The molecule has 2 aromatic rings. The summed E-state index contributed by atoms with van der Waals surface area (Å²) in [6.07, 6.45) is 0. The van der Waals surface area contributed by atoms with Gasteiger partial charge in [-0.2, -0.15) is 5.23 Å². The van der Waals surface area contributed by atoms with E-state index in [2.05, 4.69) is 26.6 Å². The Morgan fingerprint density at radius 2 is 1.87 bits per heavy atom. The maximum Gasteiger partial charge on any atom is 0.328 e. The molecule has 1 atom stereocenters. The zero-order chi connectivity index (χ0) is 22.4. The molecule has 2 rings (SSSR count). The van der Waals surface area contributed by atoms with E-state index in [4.69, 9.17) is 16.8 Å². The quantitative estimate of drug-likeness (QED) is 0.228. The van der Waals surface area contributed by atoms with E-state index < -0.39 is 22.9 Å². The Bertz CT molecular complexity index is 996. The van der Waals surface area contributed by atoms with Crippen LogP contribution in [0.4, 0.5) is 16.5 Å². The minimum absolute atomic E-state index is 0.0234. The number of aromatic nitrogens is 1. The van der Waals surface area contributed by atoms with Gasteiger partial charge in [0.25, 0.3) is 5.91 Å². The summed E-state index contributed by atoms with van der Waals surface area (Å²) < 4.78 is 0. The van der Waals surface area contributed by atoms with Crippen LogP contribution in [0.25, 0.3) is 0 Å². The monoisotopic (exact) mass is 457 g/mol. The van der Waals surface area contributed by atoms with Crippen molar-refractivity contribution < 1.29 is 29.6 Å². The van der Waals surface area contributed by atoms with Crippen molar-refractivity contribution in [3.8, 4) is 0 Å². The first-order valence-corrected chi connectivity index (χ1v) is 9.22. The molecule has 0 spiro atoms. The number of aryl methyl sites for hydroxylation is 1. The van der Waals surface area contributed by atoms with Crippen LogP contribution in [0.2, 0.25) is 5.02 Å². The second-order valence-corrected chi connectivity index (χ2v) is 7.01. The summed E-state index contributed by atoms with van der Waals surface area (Å²) >= 11 is 6.64. The van der Waals surface area contributed by atoms with Crippen LogP contribution in [0.3, 0.4) is 0 Å². The van der Waals surface area contributed by atoms with Gasteiger partial charge < -0.3 is 10.5 Å². The molecule has 0 aliphatic rings. The van der Waals surface area contributed by atoms with Gasteiger partial charge in [-0.3, -0.25) is 40.9 Å². The van der Waals surface area contributed by atoms with Crippen LogP contribution in [0.15, 0.2) is 18.2 Å². The van der Waals surface area contributed by atoms with Crippen LogP contribution < -0.4 is 32.2 Å². The number of nitrogens with one attached hydrogen (secondary N) is 6. The van der Waals surface area contributed by atoms with Crippen molar-refractivity contribution in [3.05, 3.63) is 39.0 Å². The third-order valence-electron chi connectivity index (χ3n) is 3.30. The molecule has 0 aliphatic heterocycles. The van der Waals surface area contributed by atoms with E-state index >= 15 is 0 Å². The first-order valence-electron chi connectivity index (χ1n) is 8.03. The van der Waals surface area contributed by atoms with Gasteiger partial charge in [0, 0.05) is 18.7 Å². The van der Waals surface area contributed by atoms with Crippen LogP contribution in [0.5, 0.6) is 0 Å². The summed E-state index contributed by atoms with van der Waals surface area (Å²) in [5.74, 6) is -3.44. The average Bonchev–Trinajstić information content (AvgIpc) is 3.06. The molecule has 4 amide bonds. The van der Waals surface area contributed by atoms with E-state index in [0.29, 0.717) is 5.69 Å². The number of benzene rings is 1. The maximum atomic E-state index is 12.2. The van der Waals surface area contributed by atoms with E-state index in [9.17, 15) is 24.4 Å². The molecule has 7 N–H and O–H groups in total. The van der Waals surface area contributed by atoms with Crippen molar-refractivity contribution in [3.63, 3.8) is 0 Å². The molecule has 160 valence electrons. The van der Waals surface area contributed by atoms with Gasteiger partial charge in [0.2, 0.25) is 11.0 Å². The Hall–Kier alpha value is -3.30. The maximum absolute atomic E-state index is 12.2. The topological polar surface area (TPSA) is 189 Å². The Morgan fingerprint density at radius 3 is 2.50 bits per heavy atom. The Morgan fingerprint density at radius 1 is 1.17 bits per heavy atom. The zero-order valence-electron chi connectivity index (χ0n) is 15.5. The SMILES string of the molecule is CC(=O)NNc1nc(C)c(C(=O)NNC(=O)C(=O)Nc2ccc(Cl)c([NH+]([O-])O)c2)s1. The number of nitrogens with zero attached hydrogens (tertiary/aromatic N) is 1. The second kappa shape index (κ2) is 9.95. The lowest BCUT2D eigenvalue weighted by Crippen LogP contribution is -2.99. The highest BCUT2D eigenvalue weighted by atomic mass is 35.5. The number of hydrazine groups is 2. The van der Waals surface area contributed by atoms with Gasteiger partial charge in [-0.25, -0.2) is 10.2 Å². The molecule has 1 unspecified atom stereocenters. The van der Waals surface area contributed by atoms with Gasteiger partial charge in [-0.1, -0.05) is 22.9 Å². The Labute approximate surface area is 177 Å². The zero-order valence-corrected chi connectivity index (χ0v) is 17.0. The van der Waals surface area contributed by atoms with E-state index in [1.807, 2.05) is 5.43 Å². The summed E-state index contributed by atoms with van der Waals surface area (Å²) in [4.78, 5) is 51.0. The van der Waals surface area contributed by atoms with Gasteiger partial charge in [0.05, 0.1) is 5.69 Å². The summed E-state index contributed by atoms with van der Waals surface area (Å²) in [5, 5.41) is 21.2. The van der Waals surface area contributed by atoms with Gasteiger partial charge in [0.1, 0.15) is 9.90 Å². The van der Waals surface area contributed by atoms with Crippen molar-refractivity contribution in [1.29, 1.82) is 0 Å². The molecular formula is C15H16ClN7O6S. The molecule has 1 aromatic heterocycles. The van der Waals surface area contributed by atoms with Crippen molar-refractivity contribution in [2.75, 3.05) is 10.7 Å². The lowest BCUT2D eigenvalue weighted by atomic mass is 10.2. The molecule has 0 bridgehead atoms. The number of rotatable bonds is 5. The van der Waals surface area contributed by atoms with Gasteiger partial charge in [-0.15, -0.1) is 0 Å². The van der Waals surface area contributed by atoms with Crippen molar-refractivity contribution in [2.24, 2.45) is 0 Å². The molecule has 0 saturated carbocycles. The number of hydrogen-bond donors (Lipinski definition) is 7. The van der Waals surface area contributed by atoms with Crippen LogP contribution in [-0.4, -0.2) is 33.8 Å². The van der Waals surface area contributed by atoms with E-state index in [-0.39, 0.29) is 32.3 Å². The summed E-state index contributed by atoms with van der Waals surface area (Å²) in [6.45, 7) is 2.83. The lowest BCUT2D eigenvalue weighted by Gasteiger charge is -2.14.